The third-order valence-electron chi connectivity index (χ3n) is 10.2. The van der Waals surface area contributed by atoms with Gasteiger partial charge in [-0.05, 0) is 90.2 Å². The molecular formula is C39H45IN2O6. The Morgan fingerprint density at radius 3 is 2.25 bits per heavy atom. The van der Waals surface area contributed by atoms with Gasteiger partial charge in [0.25, 0.3) is 0 Å². The smallest absolute Gasteiger partial charge is 0.204 e. The van der Waals surface area contributed by atoms with E-state index < -0.39 is 14.1 Å². The molecule has 0 aromatic heterocycles. The average molecular weight is 771 g/mol. The number of halogens is 1. The van der Waals surface area contributed by atoms with Gasteiger partial charge in [-0.3, -0.25) is 4.90 Å². The van der Waals surface area contributed by atoms with Gasteiger partial charge in [-0.1, -0.05) is 18.2 Å². The van der Waals surface area contributed by atoms with Crippen molar-refractivity contribution in [3.63, 3.8) is 0 Å². The van der Waals surface area contributed by atoms with Crippen LogP contribution in [-0.2, 0) is 25.7 Å². The van der Waals surface area contributed by atoms with Crippen LogP contribution in [-0.4, -0.2) is 71.9 Å². The highest BCUT2D eigenvalue weighted by molar-refractivity contribution is 5.62. The predicted octanol–water partition coefficient (Wildman–Crippen LogP) is 4.31. The molecule has 254 valence electrons. The van der Waals surface area contributed by atoms with Gasteiger partial charge in [0, 0.05) is 25.4 Å². The van der Waals surface area contributed by atoms with E-state index in [1.807, 2.05) is 54.6 Å². The van der Waals surface area contributed by atoms with Crippen LogP contribution < -0.4 is 52.4 Å². The Morgan fingerprint density at radius 2 is 1.50 bits per heavy atom. The van der Waals surface area contributed by atoms with E-state index in [2.05, 4.69) is 26.0 Å². The lowest BCUT2D eigenvalue weighted by atomic mass is 9.86. The molecular weight excluding hydrogens is 719 g/mol. The molecule has 48 heavy (non-hydrogen) atoms. The number of benzene rings is 4. The average Bonchev–Trinajstić information content (AvgIpc) is 3.08. The second kappa shape index (κ2) is 13.7. The number of ether oxygens (including phenoxy) is 6. The molecule has 9 heteroatoms. The van der Waals surface area contributed by atoms with E-state index in [9.17, 15) is 0 Å². The number of rotatable bonds is 4. The van der Waals surface area contributed by atoms with Crippen molar-refractivity contribution in [2.75, 3.05) is 62.5 Å². The Balaban J connectivity index is 0.00000497. The van der Waals surface area contributed by atoms with Crippen molar-refractivity contribution in [2.45, 2.75) is 37.8 Å². The second-order valence-corrected chi connectivity index (χ2v) is 13.3. The number of hydrogen-bond donors (Lipinski definition) is 0. The summed E-state index contributed by atoms with van der Waals surface area (Å²) in [7, 11) is 3.93. The van der Waals surface area contributed by atoms with Crippen molar-refractivity contribution in [1.82, 2.24) is 4.90 Å². The summed E-state index contributed by atoms with van der Waals surface area (Å²) in [5.74, 6) is 2.37. The van der Waals surface area contributed by atoms with Gasteiger partial charge in [0.05, 0.1) is 62.7 Å². The van der Waals surface area contributed by atoms with Crippen LogP contribution in [0.3, 0.4) is 0 Å². The number of fused-ring (bicyclic) bond motifs is 2. The maximum absolute atomic E-state index is 8.05. The highest BCUT2D eigenvalue weighted by Crippen LogP contribution is 2.52. The summed E-state index contributed by atoms with van der Waals surface area (Å²) in [5, 5.41) is 0. The fourth-order valence-corrected chi connectivity index (χ4v) is 7.43. The monoisotopic (exact) mass is 770 g/mol. The van der Waals surface area contributed by atoms with Gasteiger partial charge >= 0.3 is 0 Å². The van der Waals surface area contributed by atoms with Crippen LogP contribution in [0.1, 0.15) is 53.7 Å². The standard InChI is InChI=1S/C39H45N2O6.HI/c1-40-16-14-26-21-33(43-5)35-23-29(26)30(40)18-24-8-11-28(12-9-24)46-39-37-27(22-36(44-6)38(39)45-7)15-17-41(2,3)31(37)19-25-10-13-32(42-4)34(20-25)47-35;/h8-13,20-23,30-31H,14-19H2,1-7H3;1H/q+1;/p-1/t30-,31+;/m0./s1/i4D3,7D3;. The third kappa shape index (κ3) is 6.16. The minimum atomic E-state index is -2.78. The number of nitrogens with zero attached hydrogens (tertiary/aromatic N) is 2. The molecule has 8 rings (SSSR count). The molecule has 4 aliphatic rings. The Morgan fingerprint density at radius 1 is 0.771 bits per heavy atom. The van der Waals surface area contributed by atoms with Crippen molar-refractivity contribution < 1.29 is 65.1 Å². The summed E-state index contributed by atoms with van der Waals surface area (Å²) in [6, 6.07) is 18.7. The molecule has 4 aromatic rings. The largest absolute Gasteiger partial charge is 1.00 e. The highest BCUT2D eigenvalue weighted by Gasteiger charge is 2.41. The Kier molecular flexibility index (Phi) is 7.75. The molecule has 2 atom stereocenters. The van der Waals surface area contributed by atoms with Gasteiger partial charge in [-0.2, -0.15) is 0 Å². The molecule has 6 bridgehead atoms. The molecule has 4 heterocycles. The van der Waals surface area contributed by atoms with Crippen LogP contribution in [0.15, 0.2) is 60.7 Å². The summed E-state index contributed by atoms with van der Waals surface area (Å²) in [6.07, 6.45) is 2.66. The number of quaternary nitrogens is 1. The molecule has 0 unspecified atom stereocenters. The molecule has 0 saturated heterocycles. The molecule has 0 spiro atoms. The summed E-state index contributed by atoms with van der Waals surface area (Å²) < 4.78 is 84.4. The molecule has 0 aliphatic carbocycles. The lowest BCUT2D eigenvalue weighted by Crippen LogP contribution is -3.00. The Hall–Kier alpha value is -3.67. The predicted molar refractivity (Wildman–Crippen MR) is 182 cm³/mol. The Labute approximate surface area is 309 Å². The molecule has 0 fully saturated rings. The van der Waals surface area contributed by atoms with Crippen LogP contribution >= 0.6 is 0 Å². The SMILES string of the molecule is [2H]C([2H])([2H])Oc1ccc2cc1Oc1cc3c(cc1OC)CCN(C)[C@H]3Cc1ccc(cc1)Oc1c(OC([2H])([2H])[2H])c(OC)cc3c1[C@@H](C2)[N+](C)(C)CC3.[I-]. The highest BCUT2D eigenvalue weighted by atomic mass is 127. The van der Waals surface area contributed by atoms with Gasteiger partial charge in [-0.25, -0.2) is 0 Å². The van der Waals surface area contributed by atoms with Crippen molar-refractivity contribution >= 4 is 0 Å². The number of methoxy groups -OCH3 is 4. The summed E-state index contributed by atoms with van der Waals surface area (Å²) >= 11 is 0. The molecule has 4 aromatic carbocycles. The first-order valence-electron chi connectivity index (χ1n) is 18.9. The minimum absolute atomic E-state index is 0. The van der Waals surface area contributed by atoms with Gasteiger partial charge in [0.2, 0.25) is 5.75 Å². The molecule has 4 aliphatic heterocycles. The van der Waals surface area contributed by atoms with Gasteiger partial charge in [0.15, 0.2) is 34.5 Å². The normalized spacial score (nSPS) is 21.7. The summed E-state index contributed by atoms with van der Waals surface area (Å²) in [4.78, 5) is 2.31. The van der Waals surface area contributed by atoms with E-state index in [0.29, 0.717) is 41.0 Å². The maximum atomic E-state index is 8.05. The lowest BCUT2D eigenvalue weighted by Gasteiger charge is -2.43. The van der Waals surface area contributed by atoms with Crippen molar-refractivity contribution in [1.29, 1.82) is 0 Å². The van der Waals surface area contributed by atoms with Crippen molar-refractivity contribution in [3.8, 4) is 46.0 Å². The van der Waals surface area contributed by atoms with Crippen LogP contribution in [0.25, 0.3) is 0 Å². The van der Waals surface area contributed by atoms with Gasteiger partial charge < -0.3 is 56.9 Å². The van der Waals surface area contributed by atoms with Gasteiger partial charge in [-0.15, -0.1) is 0 Å². The van der Waals surface area contributed by atoms with E-state index in [1.165, 1.54) is 7.11 Å². The topological polar surface area (TPSA) is 58.6 Å². The first kappa shape index (κ1) is 27.2. The van der Waals surface area contributed by atoms with Crippen molar-refractivity contribution in [3.05, 3.63) is 94.0 Å². The van der Waals surface area contributed by atoms with Gasteiger partial charge in [0.1, 0.15) is 11.8 Å². The van der Waals surface area contributed by atoms with Crippen molar-refractivity contribution in [2.24, 2.45) is 0 Å². The fraction of sp³-hybridized carbons (Fsp3) is 0.385. The molecule has 0 N–H and O–H groups in total. The van der Waals surface area contributed by atoms with Crippen LogP contribution in [0.4, 0.5) is 0 Å². The van der Waals surface area contributed by atoms with E-state index in [4.69, 9.17) is 36.6 Å². The zero-order valence-electron chi connectivity index (χ0n) is 33.9. The maximum Gasteiger partial charge on any atom is 0.204 e. The zero-order valence-corrected chi connectivity index (χ0v) is 30.1. The Bertz CT molecular complexity index is 2020. The number of likely N-dealkylation sites (N-methyl/N-ethyl adjacent to an activating group) is 2. The number of hydrogen-bond acceptors (Lipinski definition) is 7. The van der Waals surface area contributed by atoms with Crippen LogP contribution in [0, 0.1) is 0 Å². The first-order valence-corrected chi connectivity index (χ1v) is 15.9. The third-order valence-corrected chi connectivity index (χ3v) is 10.2. The minimum Gasteiger partial charge on any atom is -1.00 e. The second-order valence-electron chi connectivity index (χ2n) is 13.3. The molecule has 0 saturated carbocycles. The van der Waals surface area contributed by atoms with E-state index in [0.717, 1.165) is 52.9 Å². The zero-order chi connectivity index (χ0) is 37.9. The van der Waals surface area contributed by atoms with E-state index in [-0.39, 0.29) is 64.8 Å². The van der Waals surface area contributed by atoms with E-state index >= 15 is 0 Å². The summed E-state index contributed by atoms with van der Waals surface area (Å²) in [6.45, 7) is 1.63. The lowest BCUT2D eigenvalue weighted by molar-refractivity contribution is -0.923. The van der Waals surface area contributed by atoms with E-state index in [1.54, 1.807) is 13.2 Å². The van der Waals surface area contributed by atoms with Crippen LogP contribution in [0.2, 0.25) is 0 Å². The molecule has 8 nitrogen and oxygen atoms in total. The van der Waals surface area contributed by atoms with Crippen LogP contribution in [0.5, 0.6) is 46.0 Å². The first-order chi connectivity index (χ1) is 25.0. The fourth-order valence-electron chi connectivity index (χ4n) is 7.43. The summed E-state index contributed by atoms with van der Waals surface area (Å²) in [5.41, 5.74) is 5.92. The molecule has 0 radical (unpaired) electrons. The molecule has 0 amide bonds. The quantitative estimate of drug-likeness (QED) is 0.227.